The molecule has 0 N–H and O–H groups in total. The molecule has 2 unspecified atom stereocenters. The highest BCUT2D eigenvalue weighted by Gasteiger charge is 2.42. The molecule has 4 aromatic heterocycles. The molecule has 4 heterocycles. The van der Waals surface area contributed by atoms with E-state index in [0.29, 0.717) is 11.8 Å². The Morgan fingerprint density at radius 3 is 2.81 bits per heavy atom. The van der Waals surface area contributed by atoms with E-state index in [-0.39, 0.29) is 0 Å². The van der Waals surface area contributed by atoms with Gasteiger partial charge in [-0.05, 0) is 49.9 Å². The van der Waals surface area contributed by atoms with Crippen LogP contribution in [0.5, 0.6) is 0 Å². The lowest BCUT2D eigenvalue weighted by Gasteiger charge is -2.04. The third-order valence-corrected chi connectivity index (χ3v) is 5.10. The van der Waals surface area contributed by atoms with Gasteiger partial charge in [0.25, 0.3) is 0 Å². The van der Waals surface area contributed by atoms with Crippen LogP contribution in [0.2, 0.25) is 0 Å². The molecule has 4 aromatic rings. The van der Waals surface area contributed by atoms with Crippen LogP contribution < -0.4 is 0 Å². The van der Waals surface area contributed by atoms with Gasteiger partial charge in [-0.1, -0.05) is 0 Å². The van der Waals surface area contributed by atoms with Gasteiger partial charge in [0.15, 0.2) is 11.5 Å². The van der Waals surface area contributed by atoms with Crippen molar-refractivity contribution in [3.8, 4) is 11.4 Å². The van der Waals surface area contributed by atoms with Gasteiger partial charge < -0.3 is 0 Å². The van der Waals surface area contributed by atoms with Crippen LogP contribution in [0, 0.1) is 6.92 Å². The fourth-order valence-electron chi connectivity index (χ4n) is 3.62. The van der Waals surface area contributed by atoms with Crippen LogP contribution in [0.4, 0.5) is 0 Å². The molecule has 0 amide bonds. The van der Waals surface area contributed by atoms with Crippen molar-refractivity contribution < 1.29 is 0 Å². The summed E-state index contributed by atoms with van der Waals surface area (Å²) in [5.74, 6) is 1.77. The molecule has 5 rings (SSSR count). The van der Waals surface area contributed by atoms with E-state index in [9.17, 15) is 0 Å². The number of hydrogen-bond acceptors (Lipinski definition) is 5. The summed E-state index contributed by atoms with van der Waals surface area (Å²) in [7, 11) is 1.96. The van der Waals surface area contributed by atoms with Gasteiger partial charge in [0, 0.05) is 25.7 Å². The van der Waals surface area contributed by atoms with E-state index in [0.717, 1.165) is 41.5 Å². The van der Waals surface area contributed by atoms with Crippen molar-refractivity contribution in [1.82, 2.24) is 39.4 Å². The molecule has 8 nitrogen and oxygen atoms in total. The van der Waals surface area contributed by atoms with Crippen molar-refractivity contribution in [2.45, 2.75) is 38.6 Å². The Bertz CT molecular complexity index is 1100. The molecule has 2 atom stereocenters. The summed E-state index contributed by atoms with van der Waals surface area (Å²) in [5.41, 5.74) is 5.12. The van der Waals surface area contributed by atoms with Crippen molar-refractivity contribution in [2.75, 3.05) is 0 Å². The zero-order valence-electron chi connectivity index (χ0n) is 15.0. The van der Waals surface area contributed by atoms with Crippen molar-refractivity contribution in [3.63, 3.8) is 0 Å². The predicted octanol–water partition coefficient (Wildman–Crippen LogP) is 2.32. The molecule has 132 valence electrons. The third kappa shape index (κ3) is 2.33. The van der Waals surface area contributed by atoms with E-state index in [1.165, 1.54) is 5.56 Å². The quantitative estimate of drug-likeness (QED) is 0.565. The maximum atomic E-state index is 4.85. The summed E-state index contributed by atoms with van der Waals surface area (Å²) in [6, 6.07) is 6.12. The molecule has 26 heavy (non-hydrogen) atoms. The fraction of sp³-hybridized carbons (Fsp3) is 0.389. The Kier molecular flexibility index (Phi) is 3.22. The average molecular weight is 348 g/mol. The van der Waals surface area contributed by atoms with E-state index in [1.54, 1.807) is 4.52 Å². The minimum atomic E-state index is 0.464. The summed E-state index contributed by atoms with van der Waals surface area (Å²) in [6.45, 7) is 4.82. The van der Waals surface area contributed by atoms with E-state index in [1.807, 2.05) is 41.7 Å². The second kappa shape index (κ2) is 5.48. The van der Waals surface area contributed by atoms with Crippen LogP contribution in [0.25, 0.3) is 17.0 Å². The lowest BCUT2D eigenvalue weighted by Crippen LogP contribution is -2.03. The number of aryl methyl sites for hydroxylation is 3. The van der Waals surface area contributed by atoms with E-state index in [4.69, 9.17) is 10.2 Å². The molecule has 0 saturated heterocycles. The number of hydrogen-bond donors (Lipinski definition) is 0. The monoisotopic (exact) mass is 348 g/mol. The van der Waals surface area contributed by atoms with Crippen LogP contribution in [-0.4, -0.2) is 39.4 Å². The van der Waals surface area contributed by atoms with Gasteiger partial charge in [-0.25, -0.2) is 0 Å². The van der Waals surface area contributed by atoms with Gasteiger partial charge in [0.2, 0.25) is 0 Å². The molecule has 8 heteroatoms. The Morgan fingerprint density at radius 2 is 2.04 bits per heavy atom. The normalized spacial score (nSPS) is 19.3. The van der Waals surface area contributed by atoms with Gasteiger partial charge in [-0.3, -0.25) is 9.36 Å². The molecule has 0 radical (unpaired) electrons. The first-order valence-corrected chi connectivity index (χ1v) is 8.89. The number of nitrogens with zero attached hydrogens (tertiary/aromatic N) is 8. The third-order valence-electron chi connectivity index (χ3n) is 5.10. The van der Waals surface area contributed by atoms with E-state index in [2.05, 4.69) is 34.5 Å². The highest BCUT2D eigenvalue weighted by Crippen LogP contribution is 2.54. The van der Waals surface area contributed by atoms with Crippen LogP contribution in [0.15, 0.2) is 30.6 Å². The smallest absolute Gasteiger partial charge is 0.177 e. The highest BCUT2D eigenvalue weighted by atomic mass is 15.4. The van der Waals surface area contributed by atoms with Gasteiger partial charge in [0.1, 0.15) is 5.69 Å². The summed E-state index contributed by atoms with van der Waals surface area (Å²) in [5, 5.41) is 22.0. The van der Waals surface area contributed by atoms with Gasteiger partial charge in [0.05, 0.1) is 17.6 Å². The lowest BCUT2D eigenvalue weighted by atomic mass is 10.1. The molecule has 1 fully saturated rings. The maximum absolute atomic E-state index is 4.85. The van der Waals surface area contributed by atoms with Gasteiger partial charge >= 0.3 is 0 Å². The summed E-state index contributed by atoms with van der Waals surface area (Å²) in [6.07, 6.45) is 5.20. The minimum absolute atomic E-state index is 0.464. The van der Waals surface area contributed by atoms with E-state index < -0.39 is 0 Å². The standard InChI is InChI=1S/C18H20N8/c1-4-25-17(15-5-6-18-21-20-11(2)26(18)23-15)8-16(22-25)14-7-13(14)12-9-19-24(3)10-12/h5-6,8-10,13-14H,4,7H2,1-3H3. The zero-order valence-corrected chi connectivity index (χ0v) is 15.0. The lowest BCUT2D eigenvalue weighted by molar-refractivity contribution is 0.650. The SMILES string of the molecule is CCn1nc(C2CC2c2cnn(C)c2)cc1-c1ccc2nnc(C)n2n1. The predicted molar refractivity (Wildman–Crippen MR) is 95.7 cm³/mol. The van der Waals surface area contributed by atoms with Gasteiger partial charge in [-0.2, -0.15) is 19.8 Å². The second-order valence-electron chi connectivity index (χ2n) is 6.90. The van der Waals surface area contributed by atoms with Crippen molar-refractivity contribution in [3.05, 3.63) is 47.7 Å². The number of aromatic nitrogens is 8. The Labute approximate surface area is 150 Å². The summed E-state index contributed by atoms with van der Waals surface area (Å²) >= 11 is 0. The van der Waals surface area contributed by atoms with Crippen molar-refractivity contribution in [2.24, 2.45) is 7.05 Å². The largest absolute Gasteiger partial charge is 0.276 e. The van der Waals surface area contributed by atoms with Crippen molar-refractivity contribution in [1.29, 1.82) is 0 Å². The van der Waals surface area contributed by atoms with Crippen LogP contribution in [-0.2, 0) is 13.6 Å². The molecule has 0 spiro atoms. The summed E-state index contributed by atoms with van der Waals surface area (Å²) in [4.78, 5) is 0. The van der Waals surface area contributed by atoms with Crippen LogP contribution >= 0.6 is 0 Å². The fourth-order valence-corrected chi connectivity index (χ4v) is 3.62. The van der Waals surface area contributed by atoms with E-state index >= 15 is 0 Å². The van der Waals surface area contributed by atoms with Crippen molar-refractivity contribution >= 4 is 5.65 Å². The molecule has 1 aliphatic rings. The number of fused-ring (bicyclic) bond motifs is 1. The Hall–Kier alpha value is -3.03. The zero-order chi connectivity index (χ0) is 17.8. The Morgan fingerprint density at radius 1 is 1.15 bits per heavy atom. The first kappa shape index (κ1) is 15.2. The van der Waals surface area contributed by atoms with Crippen LogP contribution in [0.1, 0.15) is 42.3 Å². The number of rotatable bonds is 4. The first-order valence-electron chi connectivity index (χ1n) is 8.89. The second-order valence-corrected chi connectivity index (χ2v) is 6.90. The first-order chi connectivity index (χ1) is 12.6. The van der Waals surface area contributed by atoms with Gasteiger partial charge in [-0.15, -0.1) is 10.2 Å². The molecular weight excluding hydrogens is 328 g/mol. The molecule has 1 saturated carbocycles. The highest BCUT2D eigenvalue weighted by molar-refractivity contribution is 5.57. The molecule has 0 aliphatic heterocycles. The molecular formula is C18H20N8. The average Bonchev–Trinajstić information content (AvgIpc) is 2.97. The minimum Gasteiger partial charge on any atom is -0.276 e. The molecule has 0 bridgehead atoms. The summed E-state index contributed by atoms with van der Waals surface area (Å²) < 4.78 is 5.67. The Balaban J connectivity index is 1.50. The van der Waals surface area contributed by atoms with Crippen LogP contribution in [0.3, 0.4) is 0 Å². The molecule has 0 aromatic carbocycles. The topological polar surface area (TPSA) is 78.7 Å². The maximum Gasteiger partial charge on any atom is 0.177 e. The molecule has 1 aliphatic carbocycles.